The van der Waals surface area contributed by atoms with Crippen molar-refractivity contribution < 1.29 is 18.0 Å². The summed E-state index contributed by atoms with van der Waals surface area (Å²) in [6.07, 6.45) is -1.45. The number of anilines is 1. The molecule has 0 aliphatic carbocycles. The summed E-state index contributed by atoms with van der Waals surface area (Å²) in [6, 6.07) is 0. The van der Waals surface area contributed by atoms with Gasteiger partial charge in [-0.1, -0.05) is 11.3 Å². The summed E-state index contributed by atoms with van der Waals surface area (Å²) in [7, 11) is 0. The van der Waals surface area contributed by atoms with Crippen molar-refractivity contribution in [2.75, 3.05) is 5.32 Å². The van der Waals surface area contributed by atoms with Gasteiger partial charge in [0.25, 0.3) is 5.56 Å². The van der Waals surface area contributed by atoms with Crippen LogP contribution in [0.15, 0.2) is 23.5 Å². The Labute approximate surface area is 129 Å². The predicted octanol–water partition coefficient (Wildman–Crippen LogP) is 1.23. The molecule has 0 aromatic carbocycles. The third-order valence-electron chi connectivity index (χ3n) is 2.76. The van der Waals surface area contributed by atoms with E-state index in [-0.39, 0.29) is 22.7 Å². The molecule has 3 aromatic heterocycles. The molecule has 0 spiro atoms. The number of halogens is 3. The highest BCUT2D eigenvalue weighted by Gasteiger charge is 2.33. The summed E-state index contributed by atoms with van der Waals surface area (Å²) < 4.78 is 38.5. The van der Waals surface area contributed by atoms with Crippen molar-refractivity contribution in [3.8, 4) is 0 Å². The third kappa shape index (κ3) is 3.06. The van der Waals surface area contributed by atoms with Crippen LogP contribution in [0.2, 0.25) is 0 Å². The lowest BCUT2D eigenvalue weighted by Crippen LogP contribution is -2.20. The molecule has 0 saturated heterocycles. The number of hydrogen-bond donors (Lipinski definition) is 2. The fourth-order valence-electron chi connectivity index (χ4n) is 1.78. The van der Waals surface area contributed by atoms with E-state index in [4.69, 9.17) is 0 Å². The highest BCUT2D eigenvalue weighted by atomic mass is 32.1. The highest BCUT2D eigenvalue weighted by Crippen LogP contribution is 2.34. The van der Waals surface area contributed by atoms with Gasteiger partial charge in [-0.3, -0.25) is 9.59 Å². The second-order valence-corrected chi connectivity index (χ2v) is 5.38. The highest BCUT2D eigenvalue weighted by molar-refractivity contribution is 7.15. The number of aromatic amines is 1. The smallest absolute Gasteiger partial charge is 0.312 e. The van der Waals surface area contributed by atoms with Crippen molar-refractivity contribution in [1.29, 1.82) is 0 Å². The molecule has 3 rings (SSSR count). The van der Waals surface area contributed by atoms with Gasteiger partial charge in [0.05, 0.1) is 18.7 Å². The molecule has 0 aliphatic heterocycles. The number of thiazole rings is 1. The normalized spacial score (nSPS) is 11.8. The van der Waals surface area contributed by atoms with Gasteiger partial charge in [-0.25, -0.2) is 14.6 Å². The van der Waals surface area contributed by atoms with Gasteiger partial charge in [0, 0.05) is 0 Å². The van der Waals surface area contributed by atoms with Crippen molar-refractivity contribution in [2.45, 2.75) is 12.7 Å². The Morgan fingerprint density at radius 3 is 2.83 bits per heavy atom. The molecule has 3 aromatic rings. The molecule has 0 aliphatic rings. The van der Waals surface area contributed by atoms with E-state index in [0.29, 0.717) is 17.5 Å². The molecule has 12 heteroatoms. The van der Waals surface area contributed by atoms with Crippen LogP contribution in [0.25, 0.3) is 11.0 Å². The van der Waals surface area contributed by atoms with E-state index in [1.807, 2.05) is 0 Å². The van der Waals surface area contributed by atoms with E-state index in [0.717, 1.165) is 11.0 Å². The Morgan fingerprint density at radius 2 is 2.13 bits per heavy atom. The van der Waals surface area contributed by atoms with E-state index < -0.39 is 22.5 Å². The maximum absolute atomic E-state index is 12.5. The third-order valence-corrected chi connectivity index (χ3v) is 3.72. The second-order valence-electron chi connectivity index (χ2n) is 4.35. The Bertz CT molecular complexity index is 928. The first kappa shape index (κ1) is 15.1. The SMILES string of the molecule is O=C(Cn1ncc2c(=O)[nH]cnc21)Nc1ncc(C(F)(F)F)s1. The minimum absolute atomic E-state index is 0.176. The van der Waals surface area contributed by atoms with Crippen LogP contribution in [0.1, 0.15) is 4.88 Å². The zero-order valence-electron chi connectivity index (χ0n) is 11.1. The number of fused-ring (bicyclic) bond motifs is 1. The number of nitrogens with one attached hydrogen (secondary N) is 2. The van der Waals surface area contributed by atoms with Crippen molar-refractivity contribution >= 4 is 33.4 Å². The summed E-state index contributed by atoms with van der Waals surface area (Å²) in [6.45, 7) is -0.319. The Kier molecular flexibility index (Phi) is 3.60. The standard InChI is InChI=1S/C11H7F3N6O2S/c12-11(13,14)6-2-15-10(23-6)19-7(21)3-20-8-5(1-18-20)9(22)17-4-16-8/h1-2,4H,3H2,(H,15,19,21)(H,16,17,22). The van der Waals surface area contributed by atoms with Gasteiger partial charge in [-0.05, 0) is 0 Å². The molecule has 23 heavy (non-hydrogen) atoms. The van der Waals surface area contributed by atoms with Crippen LogP contribution >= 0.6 is 11.3 Å². The zero-order chi connectivity index (χ0) is 16.6. The molecule has 0 bridgehead atoms. The van der Waals surface area contributed by atoms with E-state index in [1.54, 1.807) is 0 Å². The topological polar surface area (TPSA) is 106 Å². The predicted molar refractivity (Wildman–Crippen MR) is 73.9 cm³/mol. The number of H-pyrrole nitrogens is 1. The van der Waals surface area contributed by atoms with Crippen molar-refractivity contribution in [1.82, 2.24) is 24.7 Å². The van der Waals surface area contributed by atoms with Crippen LogP contribution in [-0.4, -0.2) is 30.6 Å². The molecule has 0 unspecified atom stereocenters. The van der Waals surface area contributed by atoms with Crippen LogP contribution in [-0.2, 0) is 17.5 Å². The van der Waals surface area contributed by atoms with Crippen LogP contribution in [0.4, 0.5) is 18.3 Å². The van der Waals surface area contributed by atoms with Gasteiger partial charge in [0.15, 0.2) is 10.8 Å². The molecule has 0 saturated carbocycles. The fourth-order valence-corrected chi connectivity index (χ4v) is 2.48. The Hall–Kier alpha value is -2.76. The lowest BCUT2D eigenvalue weighted by molar-refractivity contribution is -0.134. The minimum atomic E-state index is -4.51. The largest absolute Gasteiger partial charge is 0.427 e. The lowest BCUT2D eigenvalue weighted by Gasteiger charge is -2.03. The molecular formula is C11H7F3N6O2S. The quantitative estimate of drug-likeness (QED) is 0.743. The van der Waals surface area contributed by atoms with Crippen LogP contribution in [0.3, 0.4) is 0 Å². The lowest BCUT2D eigenvalue weighted by atomic mass is 10.4. The summed E-state index contributed by atoms with van der Waals surface area (Å²) >= 11 is 0.318. The molecule has 0 atom stereocenters. The minimum Gasteiger partial charge on any atom is -0.312 e. The summed E-state index contributed by atoms with van der Waals surface area (Å²) in [5.41, 5.74) is -0.213. The molecule has 120 valence electrons. The molecule has 0 radical (unpaired) electrons. The van der Waals surface area contributed by atoms with Gasteiger partial charge in [0.1, 0.15) is 16.8 Å². The number of hydrogen-bond acceptors (Lipinski definition) is 6. The van der Waals surface area contributed by atoms with Crippen molar-refractivity contribution in [3.05, 3.63) is 34.0 Å². The van der Waals surface area contributed by atoms with Gasteiger partial charge in [-0.15, -0.1) is 0 Å². The number of carbonyl (C=O) groups excluding carboxylic acids is 1. The number of amides is 1. The number of nitrogens with zero attached hydrogens (tertiary/aromatic N) is 4. The van der Waals surface area contributed by atoms with E-state index >= 15 is 0 Å². The fraction of sp³-hybridized carbons (Fsp3) is 0.182. The zero-order valence-corrected chi connectivity index (χ0v) is 11.9. The Morgan fingerprint density at radius 1 is 1.35 bits per heavy atom. The number of alkyl halides is 3. The van der Waals surface area contributed by atoms with Gasteiger partial charge < -0.3 is 10.3 Å². The number of aromatic nitrogens is 5. The Balaban J connectivity index is 1.75. The second kappa shape index (κ2) is 5.46. The first-order valence-electron chi connectivity index (χ1n) is 6.06. The number of carbonyl (C=O) groups is 1. The maximum Gasteiger partial charge on any atom is 0.427 e. The van der Waals surface area contributed by atoms with Gasteiger partial charge >= 0.3 is 6.18 Å². The maximum atomic E-state index is 12.5. The average molecular weight is 344 g/mol. The molecule has 0 fully saturated rings. The average Bonchev–Trinajstić information content (AvgIpc) is 3.07. The van der Waals surface area contributed by atoms with Gasteiger partial charge in [0.2, 0.25) is 5.91 Å². The van der Waals surface area contributed by atoms with E-state index in [9.17, 15) is 22.8 Å². The first-order chi connectivity index (χ1) is 10.8. The monoisotopic (exact) mass is 344 g/mol. The number of rotatable bonds is 3. The molecule has 3 heterocycles. The van der Waals surface area contributed by atoms with E-state index in [1.165, 1.54) is 6.20 Å². The van der Waals surface area contributed by atoms with Gasteiger partial charge in [-0.2, -0.15) is 18.3 Å². The van der Waals surface area contributed by atoms with Crippen molar-refractivity contribution in [2.24, 2.45) is 0 Å². The summed E-state index contributed by atoms with van der Waals surface area (Å²) in [4.78, 5) is 32.2. The summed E-state index contributed by atoms with van der Waals surface area (Å²) in [5.74, 6) is -0.639. The van der Waals surface area contributed by atoms with Crippen LogP contribution in [0.5, 0.6) is 0 Å². The van der Waals surface area contributed by atoms with Crippen LogP contribution in [0, 0.1) is 0 Å². The molecule has 8 nitrogen and oxygen atoms in total. The summed E-state index contributed by atoms with van der Waals surface area (Å²) in [5, 5.41) is 6.13. The molecule has 1 amide bonds. The van der Waals surface area contributed by atoms with Crippen molar-refractivity contribution in [3.63, 3.8) is 0 Å². The van der Waals surface area contributed by atoms with E-state index in [2.05, 4.69) is 25.4 Å². The van der Waals surface area contributed by atoms with Crippen LogP contribution < -0.4 is 10.9 Å². The molecule has 2 N–H and O–H groups in total. The first-order valence-corrected chi connectivity index (χ1v) is 6.88. The molecular weight excluding hydrogens is 337 g/mol.